The first kappa shape index (κ1) is 29.3. The minimum Gasteiger partial charge on any atom is -0.496 e. The number of aliphatic carboxylic acids is 1. The van der Waals surface area contributed by atoms with Gasteiger partial charge in [0.05, 0.1) is 26.1 Å². The van der Waals surface area contributed by atoms with E-state index in [0.29, 0.717) is 23.7 Å². The lowest BCUT2D eigenvalue weighted by Gasteiger charge is -2.35. The lowest BCUT2D eigenvalue weighted by atomic mass is 9.77. The molecule has 9 nitrogen and oxygen atoms in total. The number of nitrogens with zero attached hydrogens (tertiary/aromatic N) is 2. The van der Waals surface area contributed by atoms with Gasteiger partial charge in [0.1, 0.15) is 11.3 Å². The van der Waals surface area contributed by atoms with Gasteiger partial charge in [-0.25, -0.2) is 4.79 Å². The summed E-state index contributed by atoms with van der Waals surface area (Å²) in [6.07, 6.45) is -3.85. The van der Waals surface area contributed by atoms with E-state index in [1.165, 1.54) is 19.1 Å². The summed E-state index contributed by atoms with van der Waals surface area (Å²) in [5, 5.41) is 7.75. The van der Waals surface area contributed by atoms with Crippen LogP contribution >= 0.6 is 11.6 Å². The van der Waals surface area contributed by atoms with Gasteiger partial charge in [-0.1, -0.05) is 35.9 Å². The fourth-order valence-corrected chi connectivity index (χ4v) is 6.32. The predicted octanol–water partition coefficient (Wildman–Crippen LogP) is 3.94. The van der Waals surface area contributed by atoms with E-state index < -0.39 is 41.5 Å². The number of carboxylic acids is 1. The number of carbonyl (C=O) groups excluding carboxylic acids is 3. The van der Waals surface area contributed by atoms with Crippen molar-refractivity contribution in [3.63, 3.8) is 0 Å². The molecule has 40 heavy (non-hydrogen) atoms. The predicted molar refractivity (Wildman–Crippen MR) is 135 cm³/mol. The second-order valence-corrected chi connectivity index (χ2v) is 10.1. The maximum atomic E-state index is 13.2. The summed E-state index contributed by atoms with van der Waals surface area (Å²) >= 11 is 6.18. The summed E-state index contributed by atoms with van der Waals surface area (Å²) in [6, 6.07) is 12.9. The summed E-state index contributed by atoms with van der Waals surface area (Å²) < 4.78 is 42.6. The van der Waals surface area contributed by atoms with E-state index in [-0.39, 0.29) is 11.8 Å². The van der Waals surface area contributed by atoms with Gasteiger partial charge in [0.2, 0.25) is 11.8 Å². The van der Waals surface area contributed by atoms with Crippen LogP contribution in [0.15, 0.2) is 42.5 Å². The Hall–Kier alpha value is -3.64. The standard InChI is InChI=1S/C25H25ClN2O5.C2HF3O2/c1-27-22(29)19-20(23(27)30)25(24(31)33-3)10-5-11-28(25)21(19)15-8-9-17(18(13-15)32-2)14-6-4-7-16(26)12-14;3-2(4,5)1(6)7/h4,6-9,12-13,19-21H,5,10-11H2,1-3H3;(H,6,7)/t19?,20?,21?,25-;/m0./s1. The molecule has 0 spiro atoms. The van der Waals surface area contributed by atoms with Crippen molar-refractivity contribution < 1.29 is 46.9 Å². The molecule has 2 aromatic carbocycles. The van der Waals surface area contributed by atoms with Crippen LogP contribution in [0.3, 0.4) is 0 Å². The molecule has 2 amide bonds. The first-order chi connectivity index (χ1) is 18.8. The van der Waals surface area contributed by atoms with E-state index >= 15 is 0 Å². The number of esters is 1. The van der Waals surface area contributed by atoms with Gasteiger partial charge in [0, 0.05) is 23.7 Å². The number of fused-ring (bicyclic) bond motifs is 3. The largest absolute Gasteiger partial charge is 0.496 e. The number of carboxylic acid groups (broad SMARTS) is 1. The van der Waals surface area contributed by atoms with Crippen LogP contribution in [0.2, 0.25) is 5.02 Å². The number of halogens is 4. The van der Waals surface area contributed by atoms with Gasteiger partial charge in [-0.3, -0.25) is 24.2 Å². The van der Waals surface area contributed by atoms with E-state index in [1.54, 1.807) is 7.11 Å². The van der Waals surface area contributed by atoms with Gasteiger partial charge >= 0.3 is 18.1 Å². The van der Waals surface area contributed by atoms with Gasteiger partial charge in [0.15, 0.2) is 0 Å². The zero-order chi connectivity index (χ0) is 29.6. The highest BCUT2D eigenvalue weighted by Gasteiger charge is 2.73. The van der Waals surface area contributed by atoms with Crippen molar-refractivity contribution in [2.75, 3.05) is 27.8 Å². The fraction of sp³-hybridized carbons (Fsp3) is 0.407. The zero-order valence-corrected chi connectivity index (χ0v) is 22.5. The summed E-state index contributed by atoms with van der Waals surface area (Å²) in [6.45, 7) is 0.607. The number of hydrogen-bond donors (Lipinski definition) is 1. The van der Waals surface area contributed by atoms with Crippen molar-refractivity contribution in [1.82, 2.24) is 9.80 Å². The number of carbonyl (C=O) groups is 4. The Balaban J connectivity index is 0.000000470. The molecule has 0 saturated carbocycles. The average molecular weight is 583 g/mol. The molecular weight excluding hydrogens is 557 g/mol. The summed E-state index contributed by atoms with van der Waals surface area (Å²) in [4.78, 5) is 51.6. The number of benzene rings is 2. The van der Waals surface area contributed by atoms with Crippen molar-refractivity contribution in [2.45, 2.75) is 30.6 Å². The first-order valence-electron chi connectivity index (χ1n) is 12.2. The minimum atomic E-state index is -5.08. The highest BCUT2D eigenvalue weighted by atomic mass is 35.5. The summed E-state index contributed by atoms with van der Waals surface area (Å²) in [5.41, 5.74) is 1.48. The first-order valence-corrected chi connectivity index (χ1v) is 12.6. The smallest absolute Gasteiger partial charge is 0.490 e. The van der Waals surface area contributed by atoms with Gasteiger partial charge in [-0.2, -0.15) is 13.2 Å². The van der Waals surface area contributed by atoms with Crippen molar-refractivity contribution >= 4 is 35.4 Å². The number of likely N-dealkylation sites (tertiary alicyclic amines) is 1. The van der Waals surface area contributed by atoms with Gasteiger partial charge in [-0.05, 0) is 48.7 Å². The Morgan fingerprint density at radius 2 is 1.77 bits per heavy atom. The molecule has 0 aliphatic carbocycles. The van der Waals surface area contributed by atoms with Crippen LogP contribution in [0.1, 0.15) is 24.4 Å². The molecule has 0 radical (unpaired) electrons. The number of imide groups is 1. The molecule has 0 bridgehead atoms. The zero-order valence-electron chi connectivity index (χ0n) is 21.7. The minimum absolute atomic E-state index is 0.259. The van der Waals surface area contributed by atoms with Crippen LogP contribution in [-0.2, 0) is 23.9 Å². The van der Waals surface area contributed by atoms with Crippen molar-refractivity contribution in [3.05, 3.63) is 53.1 Å². The Kier molecular flexibility index (Phi) is 7.88. The maximum Gasteiger partial charge on any atom is 0.490 e. The highest BCUT2D eigenvalue weighted by molar-refractivity contribution is 6.30. The van der Waals surface area contributed by atoms with E-state index in [0.717, 1.165) is 23.1 Å². The Morgan fingerprint density at radius 1 is 1.10 bits per heavy atom. The van der Waals surface area contributed by atoms with Crippen LogP contribution in [0.5, 0.6) is 5.75 Å². The average Bonchev–Trinajstić information content (AvgIpc) is 3.53. The van der Waals surface area contributed by atoms with Gasteiger partial charge < -0.3 is 14.6 Å². The SMILES string of the molecule is COC(=O)[C@@]12CCCN1C(c1ccc(-c3cccc(Cl)c3)c(OC)c1)C1C(=O)N(C)C(=O)C12.O=C(O)C(F)(F)F. The molecule has 214 valence electrons. The Labute approximate surface area is 232 Å². The molecule has 3 heterocycles. The van der Waals surface area contributed by atoms with Crippen LogP contribution < -0.4 is 4.74 Å². The molecule has 1 N–H and O–H groups in total. The summed E-state index contributed by atoms with van der Waals surface area (Å²) in [7, 11) is 4.42. The topological polar surface area (TPSA) is 113 Å². The molecular formula is C27H26ClF3N2O7. The lowest BCUT2D eigenvalue weighted by Crippen LogP contribution is -2.54. The number of amides is 2. The summed E-state index contributed by atoms with van der Waals surface area (Å²) in [5.74, 6) is -4.55. The van der Waals surface area contributed by atoms with Crippen LogP contribution in [0.25, 0.3) is 11.1 Å². The third-order valence-corrected chi connectivity index (χ3v) is 7.95. The number of ether oxygens (including phenoxy) is 2. The third-order valence-electron chi connectivity index (χ3n) is 7.72. The van der Waals surface area contributed by atoms with Gasteiger partial charge in [-0.15, -0.1) is 0 Å². The van der Waals surface area contributed by atoms with Crippen molar-refractivity contribution in [1.29, 1.82) is 0 Å². The monoisotopic (exact) mass is 582 g/mol. The number of hydrogen-bond acceptors (Lipinski definition) is 7. The lowest BCUT2D eigenvalue weighted by molar-refractivity contribution is -0.192. The van der Waals surface area contributed by atoms with E-state index in [2.05, 4.69) is 0 Å². The Bertz CT molecular complexity index is 1370. The highest BCUT2D eigenvalue weighted by Crippen LogP contribution is 2.59. The Morgan fingerprint density at radius 3 is 2.35 bits per heavy atom. The van der Waals surface area contributed by atoms with Crippen molar-refractivity contribution in [3.8, 4) is 16.9 Å². The normalized spacial score (nSPS) is 25.7. The molecule has 3 aliphatic rings. The molecule has 2 aromatic rings. The van der Waals surface area contributed by atoms with E-state index in [4.69, 9.17) is 31.0 Å². The third kappa shape index (κ3) is 4.68. The maximum absolute atomic E-state index is 13.2. The second-order valence-electron chi connectivity index (χ2n) is 9.67. The van der Waals surface area contributed by atoms with Crippen LogP contribution in [0.4, 0.5) is 13.2 Å². The number of methoxy groups -OCH3 is 2. The molecule has 3 aliphatic heterocycles. The second kappa shape index (κ2) is 10.7. The van der Waals surface area contributed by atoms with E-state index in [9.17, 15) is 27.6 Å². The quantitative estimate of drug-likeness (QED) is 0.426. The molecule has 3 fully saturated rings. The molecule has 3 saturated heterocycles. The van der Waals surface area contributed by atoms with Crippen LogP contribution in [-0.4, -0.2) is 78.2 Å². The number of rotatable bonds is 4. The molecule has 3 unspecified atom stereocenters. The molecule has 4 atom stereocenters. The molecule has 0 aromatic heterocycles. The fourth-order valence-electron chi connectivity index (χ4n) is 6.13. The molecule has 13 heteroatoms. The number of alkyl halides is 3. The van der Waals surface area contributed by atoms with Gasteiger partial charge in [0.25, 0.3) is 0 Å². The van der Waals surface area contributed by atoms with Crippen molar-refractivity contribution in [2.24, 2.45) is 11.8 Å². The van der Waals surface area contributed by atoms with Crippen LogP contribution in [0, 0.1) is 11.8 Å². The van der Waals surface area contributed by atoms with E-state index in [1.807, 2.05) is 47.4 Å². The molecule has 5 rings (SSSR count).